The highest BCUT2D eigenvalue weighted by Crippen LogP contribution is 2.36. The Hall–Kier alpha value is -5.62. The SMILES string of the molecule is CCOC(=O)C1=C(C)N=c2sc(=Cc3cn(-c4ccccc4)nc3-c3ccc(F)cc3)c(=O)n2C1c1ccc(OC(C)=O)c(OC)c1. The second kappa shape index (κ2) is 13.0. The highest BCUT2D eigenvalue weighted by Gasteiger charge is 2.34. The van der Waals surface area contributed by atoms with E-state index in [1.165, 1.54) is 30.7 Å². The number of halogens is 1. The van der Waals surface area contributed by atoms with Crippen molar-refractivity contribution in [1.82, 2.24) is 14.3 Å². The zero-order valence-electron chi connectivity index (χ0n) is 25.9. The predicted molar refractivity (Wildman–Crippen MR) is 174 cm³/mol. The number of para-hydroxylation sites is 1. The van der Waals surface area contributed by atoms with Crippen LogP contribution in [0.5, 0.6) is 11.5 Å². The van der Waals surface area contributed by atoms with Gasteiger partial charge in [-0.05, 0) is 74.0 Å². The third kappa shape index (κ3) is 6.15. The van der Waals surface area contributed by atoms with E-state index in [0.717, 1.165) is 17.0 Å². The van der Waals surface area contributed by atoms with Gasteiger partial charge in [-0.25, -0.2) is 18.9 Å². The summed E-state index contributed by atoms with van der Waals surface area (Å²) in [7, 11) is 1.43. The number of carbonyl (C=O) groups excluding carboxylic acids is 2. The normalized spacial score (nSPS) is 14.4. The molecule has 0 saturated heterocycles. The maximum absolute atomic E-state index is 14.3. The molecule has 0 aliphatic carbocycles. The van der Waals surface area contributed by atoms with Crippen LogP contribution in [0.4, 0.5) is 4.39 Å². The molecule has 2 aromatic heterocycles. The van der Waals surface area contributed by atoms with Crippen LogP contribution in [0.1, 0.15) is 37.9 Å². The van der Waals surface area contributed by atoms with Crippen LogP contribution in [-0.4, -0.2) is 40.0 Å². The number of hydrogen-bond acceptors (Lipinski definition) is 9. The highest BCUT2D eigenvalue weighted by atomic mass is 32.1. The molecule has 1 unspecified atom stereocenters. The molecule has 1 aliphatic heterocycles. The lowest BCUT2D eigenvalue weighted by Gasteiger charge is -2.25. The Labute approximate surface area is 272 Å². The first-order chi connectivity index (χ1) is 22.7. The van der Waals surface area contributed by atoms with Gasteiger partial charge in [0, 0.05) is 24.2 Å². The first kappa shape index (κ1) is 31.4. The summed E-state index contributed by atoms with van der Waals surface area (Å²) in [4.78, 5) is 44.3. The number of ether oxygens (including phenoxy) is 3. The van der Waals surface area contributed by atoms with Crippen LogP contribution in [0.25, 0.3) is 23.0 Å². The molecule has 0 bridgehead atoms. The summed E-state index contributed by atoms with van der Waals surface area (Å²) in [5.41, 5.74) is 3.35. The second-order valence-corrected chi connectivity index (χ2v) is 11.5. The van der Waals surface area contributed by atoms with E-state index in [-0.39, 0.29) is 29.5 Å². The average molecular weight is 653 g/mol. The summed E-state index contributed by atoms with van der Waals surface area (Å²) < 4.78 is 33.5. The maximum atomic E-state index is 14.3. The van der Waals surface area contributed by atoms with Crippen molar-refractivity contribution in [2.75, 3.05) is 13.7 Å². The van der Waals surface area contributed by atoms with Crippen LogP contribution >= 0.6 is 11.3 Å². The molecule has 238 valence electrons. The van der Waals surface area contributed by atoms with Crippen LogP contribution < -0.4 is 24.4 Å². The Balaban J connectivity index is 1.56. The van der Waals surface area contributed by atoms with Gasteiger partial charge in [0.2, 0.25) is 0 Å². The smallest absolute Gasteiger partial charge is 0.338 e. The molecular weight excluding hydrogens is 623 g/mol. The second-order valence-electron chi connectivity index (χ2n) is 10.5. The molecule has 3 heterocycles. The Morgan fingerprint density at radius 3 is 2.47 bits per heavy atom. The zero-order valence-corrected chi connectivity index (χ0v) is 26.7. The largest absolute Gasteiger partial charge is 0.493 e. The number of fused-ring (bicyclic) bond motifs is 1. The lowest BCUT2D eigenvalue weighted by Crippen LogP contribution is -2.40. The molecule has 0 amide bonds. The summed E-state index contributed by atoms with van der Waals surface area (Å²) in [6.45, 7) is 4.79. The quantitative estimate of drug-likeness (QED) is 0.176. The molecule has 5 aromatic rings. The van der Waals surface area contributed by atoms with Crippen molar-refractivity contribution < 1.29 is 28.2 Å². The van der Waals surface area contributed by atoms with Crippen molar-refractivity contribution in [3.8, 4) is 28.4 Å². The fourth-order valence-electron chi connectivity index (χ4n) is 5.38. The van der Waals surface area contributed by atoms with E-state index in [1.807, 2.05) is 30.3 Å². The minimum Gasteiger partial charge on any atom is -0.493 e. The van der Waals surface area contributed by atoms with Gasteiger partial charge in [-0.3, -0.25) is 14.2 Å². The Morgan fingerprint density at radius 1 is 1.04 bits per heavy atom. The standard InChI is InChI=1S/C35H29FN4O6S/c1-5-45-34(43)30-20(2)37-35-40(32(30)23-13-16-27(46-21(3)41)28(17-23)44-4)33(42)29(47-35)18-24-19-39(26-9-7-6-8-10-26)38-31(24)22-11-14-25(36)15-12-22/h6-19,32H,5H2,1-4H3. The van der Waals surface area contributed by atoms with Gasteiger partial charge in [-0.2, -0.15) is 5.10 Å². The molecule has 6 rings (SSSR count). The van der Waals surface area contributed by atoms with Gasteiger partial charge >= 0.3 is 11.9 Å². The first-order valence-corrected chi connectivity index (χ1v) is 15.5. The number of aromatic nitrogens is 3. The maximum Gasteiger partial charge on any atom is 0.338 e. The fraction of sp³-hybridized carbons (Fsp3) is 0.171. The average Bonchev–Trinajstić information content (AvgIpc) is 3.61. The predicted octanol–water partition coefficient (Wildman–Crippen LogP) is 4.72. The number of methoxy groups -OCH3 is 1. The van der Waals surface area contributed by atoms with E-state index in [4.69, 9.17) is 19.3 Å². The Kier molecular flexibility index (Phi) is 8.68. The first-order valence-electron chi connectivity index (χ1n) is 14.7. The third-order valence-corrected chi connectivity index (χ3v) is 8.42. The number of rotatable bonds is 8. The number of nitrogens with zero attached hydrogens (tertiary/aromatic N) is 4. The summed E-state index contributed by atoms with van der Waals surface area (Å²) >= 11 is 1.16. The van der Waals surface area contributed by atoms with E-state index < -0.39 is 23.5 Å². The van der Waals surface area contributed by atoms with Crippen LogP contribution in [0.15, 0.2) is 100 Å². The van der Waals surface area contributed by atoms with Gasteiger partial charge in [0.1, 0.15) is 11.5 Å². The van der Waals surface area contributed by atoms with Crippen LogP contribution in [0.2, 0.25) is 0 Å². The van der Waals surface area contributed by atoms with Crippen LogP contribution in [0, 0.1) is 5.82 Å². The summed E-state index contributed by atoms with van der Waals surface area (Å²) in [5.74, 6) is -1.08. The van der Waals surface area contributed by atoms with E-state index >= 15 is 0 Å². The lowest BCUT2D eigenvalue weighted by molar-refractivity contribution is -0.139. The molecular formula is C35H29FN4O6S. The molecule has 0 radical (unpaired) electrons. The molecule has 12 heteroatoms. The van der Waals surface area contributed by atoms with Crippen molar-refractivity contribution in [2.45, 2.75) is 26.8 Å². The van der Waals surface area contributed by atoms with Gasteiger partial charge in [0.25, 0.3) is 5.56 Å². The summed E-state index contributed by atoms with van der Waals surface area (Å²) in [5, 5.41) is 4.78. The van der Waals surface area contributed by atoms with Gasteiger partial charge < -0.3 is 14.2 Å². The molecule has 0 N–H and O–H groups in total. The van der Waals surface area contributed by atoms with Crippen molar-refractivity contribution in [2.24, 2.45) is 4.99 Å². The van der Waals surface area contributed by atoms with Gasteiger partial charge in [0.05, 0.1) is 41.2 Å². The van der Waals surface area contributed by atoms with E-state index in [9.17, 15) is 18.8 Å². The summed E-state index contributed by atoms with van der Waals surface area (Å²) in [6.07, 6.45) is 3.53. The monoisotopic (exact) mass is 652 g/mol. The highest BCUT2D eigenvalue weighted by molar-refractivity contribution is 7.07. The number of allylic oxidation sites excluding steroid dienone is 1. The molecule has 3 aromatic carbocycles. The van der Waals surface area contributed by atoms with Crippen molar-refractivity contribution in [1.29, 1.82) is 0 Å². The Morgan fingerprint density at radius 2 is 1.79 bits per heavy atom. The molecule has 47 heavy (non-hydrogen) atoms. The zero-order chi connectivity index (χ0) is 33.2. The Bertz CT molecular complexity index is 2220. The van der Waals surface area contributed by atoms with Gasteiger partial charge in [-0.15, -0.1) is 0 Å². The number of esters is 2. The summed E-state index contributed by atoms with van der Waals surface area (Å²) in [6, 6.07) is 19.4. The molecule has 1 aliphatic rings. The minimum absolute atomic E-state index is 0.124. The van der Waals surface area contributed by atoms with Gasteiger partial charge in [0.15, 0.2) is 16.3 Å². The number of benzene rings is 3. The van der Waals surface area contributed by atoms with E-state index in [2.05, 4.69) is 4.99 Å². The molecule has 0 fully saturated rings. The molecule has 0 saturated carbocycles. The lowest BCUT2D eigenvalue weighted by atomic mass is 9.95. The minimum atomic E-state index is -0.920. The molecule has 10 nitrogen and oxygen atoms in total. The van der Waals surface area contributed by atoms with Crippen molar-refractivity contribution >= 4 is 29.4 Å². The molecule has 0 spiro atoms. The van der Waals surface area contributed by atoms with Crippen molar-refractivity contribution in [3.05, 3.63) is 127 Å². The van der Waals surface area contributed by atoms with E-state index in [0.29, 0.717) is 37.4 Å². The number of thiazole rings is 1. The molecule has 1 atom stereocenters. The third-order valence-electron chi connectivity index (χ3n) is 7.44. The fourth-order valence-corrected chi connectivity index (χ4v) is 6.42. The van der Waals surface area contributed by atoms with Crippen molar-refractivity contribution in [3.63, 3.8) is 0 Å². The van der Waals surface area contributed by atoms with E-state index in [1.54, 1.807) is 61.1 Å². The number of carbonyl (C=O) groups is 2. The number of hydrogen-bond donors (Lipinski definition) is 0. The van der Waals surface area contributed by atoms with Crippen LogP contribution in [-0.2, 0) is 14.3 Å². The van der Waals surface area contributed by atoms with Crippen LogP contribution in [0.3, 0.4) is 0 Å². The van der Waals surface area contributed by atoms with Gasteiger partial charge in [-0.1, -0.05) is 35.6 Å². The topological polar surface area (TPSA) is 114 Å².